The minimum Gasteiger partial charge on any atom is -0.447 e. The standard InChI is InChI=1S/C22H29ClN4O3/c1-3-4-5-18(28)13-26-8-10-27(11-9-26)14-21-25-20(15-30-21)22(29)24-17-7-6-16(2)19(23)12-17/h3,6-7,12,15,18,28H,1,4-5,8-11,13-14H2,2H3,(H,24,29)/t18-/m0/s1. The number of allylic oxidation sites excluding steroid dienone is 1. The molecule has 2 aromatic rings. The van der Waals surface area contributed by atoms with Crippen molar-refractivity contribution in [2.24, 2.45) is 0 Å². The zero-order valence-electron chi connectivity index (χ0n) is 17.3. The van der Waals surface area contributed by atoms with Gasteiger partial charge < -0.3 is 14.8 Å². The number of β-amino-alcohol motifs (C(OH)–C–C–N with tert-alkyl or cyclic N) is 1. The lowest BCUT2D eigenvalue weighted by atomic mass is 10.1. The Hall–Kier alpha value is -2.19. The van der Waals surface area contributed by atoms with Gasteiger partial charge in [-0.1, -0.05) is 23.7 Å². The molecule has 162 valence electrons. The molecule has 1 amide bonds. The van der Waals surface area contributed by atoms with Crippen LogP contribution in [-0.4, -0.2) is 64.6 Å². The van der Waals surface area contributed by atoms with E-state index in [-0.39, 0.29) is 17.7 Å². The van der Waals surface area contributed by atoms with Crippen LogP contribution in [0.3, 0.4) is 0 Å². The highest BCUT2D eigenvalue weighted by molar-refractivity contribution is 6.31. The number of aliphatic hydroxyl groups is 1. The number of aryl methyl sites for hydroxylation is 1. The number of carbonyl (C=O) groups is 1. The van der Waals surface area contributed by atoms with E-state index in [4.69, 9.17) is 16.0 Å². The molecule has 1 aromatic heterocycles. The average Bonchev–Trinajstić information content (AvgIpc) is 3.19. The van der Waals surface area contributed by atoms with E-state index in [2.05, 4.69) is 26.7 Å². The Morgan fingerprint density at radius 1 is 1.37 bits per heavy atom. The Balaban J connectivity index is 1.46. The molecule has 30 heavy (non-hydrogen) atoms. The number of aliphatic hydroxyl groups excluding tert-OH is 1. The van der Waals surface area contributed by atoms with Gasteiger partial charge in [-0.15, -0.1) is 6.58 Å². The highest BCUT2D eigenvalue weighted by atomic mass is 35.5. The molecule has 0 unspecified atom stereocenters. The number of hydrogen-bond acceptors (Lipinski definition) is 6. The van der Waals surface area contributed by atoms with Gasteiger partial charge in [0.25, 0.3) is 5.91 Å². The minimum atomic E-state index is -0.330. The van der Waals surface area contributed by atoms with Gasteiger partial charge >= 0.3 is 0 Å². The summed E-state index contributed by atoms with van der Waals surface area (Å²) in [6.07, 6.45) is 4.48. The molecule has 1 saturated heterocycles. The second kappa shape index (κ2) is 10.7. The van der Waals surface area contributed by atoms with E-state index in [0.29, 0.717) is 29.7 Å². The Kier molecular flexibility index (Phi) is 8.04. The van der Waals surface area contributed by atoms with Crippen molar-refractivity contribution < 1.29 is 14.3 Å². The van der Waals surface area contributed by atoms with Crippen molar-refractivity contribution in [2.45, 2.75) is 32.4 Å². The number of anilines is 1. The lowest BCUT2D eigenvalue weighted by molar-refractivity contribution is 0.0642. The van der Waals surface area contributed by atoms with Crippen molar-refractivity contribution in [2.75, 3.05) is 38.0 Å². The maximum Gasteiger partial charge on any atom is 0.277 e. The summed E-state index contributed by atoms with van der Waals surface area (Å²) < 4.78 is 5.50. The van der Waals surface area contributed by atoms with Gasteiger partial charge in [-0.2, -0.15) is 0 Å². The molecule has 8 heteroatoms. The summed E-state index contributed by atoms with van der Waals surface area (Å²) in [6, 6.07) is 5.36. The fourth-order valence-electron chi connectivity index (χ4n) is 3.37. The van der Waals surface area contributed by atoms with E-state index < -0.39 is 0 Å². The molecular formula is C22H29ClN4O3. The molecule has 0 aliphatic carbocycles. The van der Waals surface area contributed by atoms with Crippen molar-refractivity contribution >= 4 is 23.2 Å². The van der Waals surface area contributed by atoms with E-state index >= 15 is 0 Å². The Bertz CT molecular complexity index is 862. The van der Waals surface area contributed by atoms with Gasteiger partial charge in [-0.3, -0.25) is 14.6 Å². The molecule has 2 heterocycles. The first kappa shape index (κ1) is 22.5. The summed E-state index contributed by atoms with van der Waals surface area (Å²) in [5, 5.41) is 13.4. The topological polar surface area (TPSA) is 81.8 Å². The predicted octanol–water partition coefficient (Wildman–Crippen LogP) is 3.33. The molecule has 1 aliphatic rings. The van der Waals surface area contributed by atoms with Gasteiger partial charge in [-0.25, -0.2) is 4.98 Å². The molecule has 1 atom stereocenters. The Morgan fingerprint density at radius 2 is 2.10 bits per heavy atom. The van der Waals surface area contributed by atoms with E-state index in [1.807, 2.05) is 19.1 Å². The number of piperazine rings is 1. The Labute approximate surface area is 182 Å². The van der Waals surface area contributed by atoms with Crippen LogP contribution in [0.15, 0.2) is 41.5 Å². The first-order valence-corrected chi connectivity index (χ1v) is 10.6. The third kappa shape index (κ3) is 6.40. The number of nitrogens with zero attached hydrogens (tertiary/aromatic N) is 3. The molecule has 0 saturated carbocycles. The van der Waals surface area contributed by atoms with E-state index in [0.717, 1.165) is 44.6 Å². The summed E-state index contributed by atoms with van der Waals surface area (Å²) in [5.74, 6) is 0.185. The first-order valence-electron chi connectivity index (χ1n) is 10.2. The number of nitrogens with one attached hydrogen (secondary N) is 1. The normalized spacial score (nSPS) is 16.4. The fraction of sp³-hybridized carbons (Fsp3) is 0.455. The largest absolute Gasteiger partial charge is 0.447 e. The molecule has 0 radical (unpaired) electrons. The third-order valence-corrected chi connectivity index (χ3v) is 5.62. The number of aromatic nitrogens is 1. The van der Waals surface area contributed by atoms with Crippen molar-refractivity contribution in [1.82, 2.24) is 14.8 Å². The molecule has 7 nitrogen and oxygen atoms in total. The van der Waals surface area contributed by atoms with Crippen LogP contribution in [0.4, 0.5) is 5.69 Å². The molecule has 1 aromatic carbocycles. The minimum absolute atomic E-state index is 0.241. The van der Waals surface area contributed by atoms with Crippen LogP contribution < -0.4 is 5.32 Å². The number of hydrogen-bond donors (Lipinski definition) is 2. The lowest BCUT2D eigenvalue weighted by Gasteiger charge is -2.34. The van der Waals surface area contributed by atoms with Gasteiger partial charge in [0.05, 0.1) is 12.6 Å². The molecule has 1 aliphatic heterocycles. The molecule has 2 N–H and O–H groups in total. The van der Waals surface area contributed by atoms with Crippen LogP contribution in [0, 0.1) is 6.92 Å². The predicted molar refractivity (Wildman–Crippen MR) is 118 cm³/mol. The average molecular weight is 433 g/mol. The Morgan fingerprint density at radius 3 is 2.80 bits per heavy atom. The van der Waals surface area contributed by atoms with Crippen molar-refractivity contribution in [1.29, 1.82) is 0 Å². The summed E-state index contributed by atoms with van der Waals surface area (Å²) in [5.41, 5.74) is 1.81. The van der Waals surface area contributed by atoms with Crippen molar-refractivity contribution in [3.63, 3.8) is 0 Å². The van der Waals surface area contributed by atoms with Crippen LogP contribution in [0.5, 0.6) is 0 Å². The number of carbonyl (C=O) groups excluding carboxylic acids is 1. The summed E-state index contributed by atoms with van der Waals surface area (Å²) in [6.45, 7) is 10.3. The number of amides is 1. The number of halogens is 1. The summed E-state index contributed by atoms with van der Waals surface area (Å²) in [4.78, 5) is 21.2. The number of oxazole rings is 1. The first-order chi connectivity index (χ1) is 14.4. The molecule has 1 fully saturated rings. The van der Waals surface area contributed by atoms with Gasteiger partial charge in [0.2, 0.25) is 5.89 Å². The maximum absolute atomic E-state index is 12.4. The smallest absolute Gasteiger partial charge is 0.277 e. The molecular weight excluding hydrogens is 404 g/mol. The highest BCUT2D eigenvalue weighted by Crippen LogP contribution is 2.20. The zero-order chi connectivity index (χ0) is 21.5. The van der Waals surface area contributed by atoms with E-state index in [1.54, 1.807) is 12.1 Å². The van der Waals surface area contributed by atoms with Crippen molar-refractivity contribution in [3.8, 4) is 0 Å². The SMILES string of the molecule is C=CCC[C@H](O)CN1CCN(Cc2nc(C(=O)Nc3ccc(C)c(Cl)c3)co2)CC1. The van der Waals surface area contributed by atoms with Gasteiger partial charge in [-0.05, 0) is 37.5 Å². The van der Waals surface area contributed by atoms with Crippen LogP contribution in [0.1, 0.15) is 34.8 Å². The molecule has 0 bridgehead atoms. The zero-order valence-corrected chi connectivity index (χ0v) is 18.1. The van der Waals surface area contributed by atoms with Gasteiger partial charge in [0.15, 0.2) is 5.69 Å². The summed E-state index contributed by atoms with van der Waals surface area (Å²) in [7, 11) is 0. The fourth-order valence-corrected chi connectivity index (χ4v) is 3.55. The quantitative estimate of drug-likeness (QED) is 0.591. The highest BCUT2D eigenvalue weighted by Gasteiger charge is 2.21. The van der Waals surface area contributed by atoms with Crippen LogP contribution in [0.2, 0.25) is 5.02 Å². The molecule has 0 spiro atoms. The second-order valence-electron chi connectivity index (χ2n) is 7.64. The van der Waals surface area contributed by atoms with Crippen molar-refractivity contribution in [3.05, 3.63) is 59.3 Å². The lowest BCUT2D eigenvalue weighted by Crippen LogP contribution is -2.48. The van der Waals surface area contributed by atoms with Crippen LogP contribution in [0.25, 0.3) is 0 Å². The monoisotopic (exact) mass is 432 g/mol. The van der Waals surface area contributed by atoms with Gasteiger partial charge in [0, 0.05) is 43.4 Å². The van der Waals surface area contributed by atoms with E-state index in [9.17, 15) is 9.90 Å². The summed E-state index contributed by atoms with van der Waals surface area (Å²) >= 11 is 6.10. The maximum atomic E-state index is 12.4. The molecule has 3 rings (SSSR count). The number of benzene rings is 1. The number of rotatable bonds is 9. The van der Waals surface area contributed by atoms with E-state index in [1.165, 1.54) is 6.26 Å². The van der Waals surface area contributed by atoms with Crippen LogP contribution in [-0.2, 0) is 6.54 Å². The van der Waals surface area contributed by atoms with Crippen LogP contribution >= 0.6 is 11.6 Å². The second-order valence-corrected chi connectivity index (χ2v) is 8.05. The van der Waals surface area contributed by atoms with Gasteiger partial charge in [0.1, 0.15) is 6.26 Å². The third-order valence-electron chi connectivity index (χ3n) is 5.21.